The average molecular weight is 505 g/mol. The van der Waals surface area contributed by atoms with E-state index in [0.717, 1.165) is 54.2 Å². The molecule has 35 heavy (non-hydrogen) atoms. The van der Waals surface area contributed by atoms with Gasteiger partial charge in [-0.1, -0.05) is 18.2 Å². The Morgan fingerprint density at radius 3 is 2.37 bits per heavy atom. The first kappa shape index (κ1) is 25.2. The van der Waals surface area contributed by atoms with Gasteiger partial charge in [-0.25, -0.2) is 9.78 Å². The average Bonchev–Trinajstić information content (AvgIpc) is 3.03. The highest BCUT2D eigenvalue weighted by molar-refractivity contribution is 7.15. The van der Waals surface area contributed by atoms with Crippen molar-refractivity contribution in [1.29, 1.82) is 0 Å². The summed E-state index contributed by atoms with van der Waals surface area (Å²) in [6, 6.07) is 10.9. The van der Waals surface area contributed by atoms with Crippen molar-refractivity contribution >= 4 is 17.3 Å². The molecule has 4 rings (SSSR count). The van der Waals surface area contributed by atoms with Crippen LogP contribution in [-0.2, 0) is 30.4 Å². The van der Waals surface area contributed by atoms with Crippen molar-refractivity contribution in [3.05, 3.63) is 69.7 Å². The third-order valence-corrected chi connectivity index (χ3v) is 7.37. The van der Waals surface area contributed by atoms with E-state index < -0.39 is 23.3 Å². The maximum atomic E-state index is 12.9. The van der Waals surface area contributed by atoms with Crippen LogP contribution in [0.5, 0.6) is 5.75 Å². The molecule has 0 radical (unpaired) electrons. The van der Waals surface area contributed by atoms with Gasteiger partial charge in [0, 0.05) is 30.1 Å². The van der Waals surface area contributed by atoms with Crippen LogP contribution < -0.4 is 4.74 Å². The van der Waals surface area contributed by atoms with Crippen molar-refractivity contribution < 1.29 is 27.8 Å². The molecule has 2 heterocycles. The molecule has 186 valence electrons. The fraction of sp³-hybridized carbons (Fsp3) is 0.385. The Balaban J connectivity index is 1.43. The number of fused-ring (bicyclic) bond motifs is 1. The van der Waals surface area contributed by atoms with Crippen molar-refractivity contribution in [2.45, 2.75) is 51.9 Å². The summed E-state index contributed by atoms with van der Waals surface area (Å²) in [5.74, 6) is -0.474. The summed E-state index contributed by atoms with van der Waals surface area (Å²) >= 11 is 1.51. The number of rotatable bonds is 6. The molecule has 0 fully saturated rings. The summed E-state index contributed by atoms with van der Waals surface area (Å²) in [5.41, 5.74) is 1.96. The van der Waals surface area contributed by atoms with Gasteiger partial charge >= 0.3 is 12.1 Å². The third-order valence-electron chi connectivity index (χ3n) is 6.18. The fourth-order valence-corrected chi connectivity index (χ4v) is 5.12. The minimum atomic E-state index is -4.35. The lowest BCUT2D eigenvalue weighted by Crippen LogP contribution is -2.37. The van der Waals surface area contributed by atoms with E-state index in [0.29, 0.717) is 22.9 Å². The van der Waals surface area contributed by atoms with Gasteiger partial charge in [0.25, 0.3) is 0 Å². The van der Waals surface area contributed by atoms with Crippen LogP contribution in [0.25, 0.3) is 10.6 Å². The number of hydrogen-bond donors (Lipinski definition) is 1. The molecule has 0 bridgehead atoms. The summed E-state index contributed by atoms with van der Waals surface area (Å²) in [4.78, 5) is 19.4. The molecule has 0 spiro atoms. The number of nitrogens with zero attached hydrogens (tertiary/aromatic N) is 2. The first-order valence-electron chi connectivity index (χ1n) is 11.3. The molecule has 0 amide bonds. The Bertz CT molecular complexity index is 1220. The Morgan fingerprint density at radius 1 is 1.09 bits per heavy atom. The van der Waals surface area contributed by atoms with Gasteiger partial charge in [0.05, 0.1) is 11.3 Å². The zero-order valence-electron chi connectivity index (χ0n) is 19.8. The highest BCUT2D eigenvalue weighted by Gasteiger charge is 2.31. The molecule has 1 N–H and O–H groups in total. The topological polar surface area (TPSA) is 62.7 Å². The Labute approximate surface area is 206 Å². The van der Waals surface area contributed by atoms with E-state index in [-0.39, 0.29) is 0 Å². The lowest BCUT2D eigenvalue weighted by Gasteiger charge is -2.22. The first-order valence-corrected chi connectivity index (χ1v) is 12.1. The zero-order valence-corrected chi connectivity index (χ0v) is 20.6. The van der Waals surface area contributed by atoms with Crippen LogP contribution in [-0.4, -0.2) is 39.7 Å². The molecule has 9 heteroatoms. The lowest BCUT2D eigenvalue weighted by atomic mass is 10.0. The maximum absolute atomic E-state index is 12.9. The van der Waals surface area contributed by atoms with Crippen LogP contribution in [0.2, 0.25) is 0 Å². The Kier molecular flexibility index (Phi) is 6.92. The molecular weight excluding hydrogens is 477 g/mol. The number of carbonyl (C=O) groups is 1. The number of hydrogen-bond acceptors (Lipinski definition) is 5. The van der Waals surface area contributed by atoms with Gasteiger partial charge in [-0.05, 0) is 69.0 Å². The smallest absolute Gasteiger partial charge is 0.416 e. The molecular formula is C26H27F3N2O3S. The van der Waals surface area contributed by atoms with Gasteiger partial charge in [-0.3, -0.25) is 4.90 Å². The van der Waals surface area contributed by atoms with Gasteiger partial charge in [0.2, 0.25) is 0 Å². The van der Waals surface area contributed by atoms with Crippen molar-refractivity contribution in [1.82, 2.24) is 9.88 Å². The second kappa shape index (κ2) is 9.62. The summed E-state index contributed by atoms with van der Waals surface area (Å²) in [5, 5.41) is 10.0. The van der Waals surface area contributed by atoms with E-state index in [1.54, 1.807) is 0 Å². The molecule has 1 aliphatic rings. The van der Waals surface area contributed by atoms with Gasteiger partial charge in [0.15, 0.2) is 5.60 Å². The second-order valence-corrected chi connectivity index (χ2v) is 10.3. The summed E-state index contributed by atoms with van der Waals surface area (Å²) < 4.78 is 44.3. The predicted molar refractivity (Wildman–Crippen MR) is 129 cm³/mol. The highest BCUT2D eigenvalue weighted by Crippen LogP contribution is 2.34. The van der Waals surface area contributed by atoms with E-state index >= 15 is 0 Å². The monoisotopic (exact) mass is 504 g/mol. The van der Waals surface area contributed by atoms with Crippen LogP contribution in [0.1, 0.15) is 41.1 Å². The third kappa shape index (κ3) is 5.85. The molecule has 0 aliphatic carbocycles. The molecule has 1 aliphatic heterocycles. The number of aryl methyl sites for hydroxylation is 1. The normalized spacial score (nSPS) is 14.9. The molecule has 0 atom stereocenters. The van der Waals surface area contributed by atoms with E-state index in [9.17, 15) is 23.1 Å². The summed E-state index contributed by atoms with van der Waals surface area (Å²) in [7, 11) is 0. The van der Waals surface area contributed by atoms with E-state index in [1.807, 2.05) is 25.1 Å². The predicted octanol–water partition coefficient (Wildman–Crippen LogP) is 5.98. The van der Waals surface area contributed by atoms with Crippen LogP contribution in [0.15, 0.2) is 42.5 Å². The van der Waals surface area contributed by atoms with Crippen LogP contribution in [0.3, 0.4) is 0 Å². The van der Waals surface area contributed by atoms with Gasteiger partial charge in [0.1, 0.15) is 10.8 Å². The summed E-state index contributed by atoms with van der Waals surface area (Å²) in [6.45, 7) is 7.39. The van der Waals surface area contributed by atoms with Crippen molar-refractivity contribution in [3.8, 4) is 16.3 Å². The first-order chi connectivity index (χ1) is 16.4. The Morgan fingerprint density at radius 2 is 1.74 bits per heavy atom. The fourth-order valence-electron chi connectivity index (χ4n) is 4.01. The molecule has 5 nitrogen and oxygen atoms in total. The molecule has 2 aromatic carbocycles. The maximum Gasteiger partial charge on any atom is 0.416 e. The molecule has 0 saturated carbocycles. The molecule has 0 unspecified atom stereocenters. The van der Waals surface area contributed by atoms with Crippen LogP contribution in [0, 0.1) is 6.92 Å². The number of aliphatic carboxylic acids is 1. The van der Waals surface area contributed by atoms with Crippen molar-refractivity contribution in [3.63, 3.8) is 0 Å². The minimum absolute atomic E-state index is 0.545. The second-order valence-electron chi connectivity index (χ2n) is 9.23. The largest absolute Gasteiger partial charge is 0.478 e. The number of alkyl halides is 3. The van der Waals surface area contributed by atoms with E-state index in [1.165, 1.54) is 42.9 Å². The SMILES string of the molecule is Cc1nc(-c2ccc(C(F)(F)F)cc2)sc1CN1CCc2ccc(OC(C)(C)C(=O)O)cc2CC1. The van der Waals surface area contributed by atoms with Gasteiger partial charge in [-0.2, -0.15) is 13.2 Å². The van der Waals surface area contributed by atoms with E-state index in [4.69, 9.17) is 4.74 Å². The Hall–Kier alpha value is -2.91. The number of carboxylic acids is 1. The summed E-state index contributed by atoms with van der Waals surface area (Å²) in [6.07, 6.45) is -2.68. The van der Waals surface area contributed by atoms with Crippen LogP contribution in [0.4, 0.5) is 13.2 Å². The molecule has 1 aromatic heterocycles. The van der Waals surface area contributed by atoms with Crippen molar-refractivity contribution in [2.75, 3.05) is 13.1 Å². The van der Waals surface area contributed by atoms with Crippen molar-refractivity contribution in [2.24, 2.45) is 0 Å². The molecule has 0 saturated heterocycles. The number of aromatic nitrogens is 1. The minimum Gasteiger partial charge on any atom is -0.478 e. The van der Waals surface area contributed by atoms with Crippen LogP contribution >= 0.6 is 11.3 Å². The number of benzene rings is 2. The molecule has 3 aromatic rings. The quantitative estimate of drug-likeness (QED) is 0.448. The zero-order chi connectivity index (χ0) is 25.4. The highest BCUT2D eigenvalue weighted by atomic mass is 32.1. The lowest BCUT2D eigenvalue weighted by molar-refractivity contribution is -0.152. The van der Waals surface area contributed by atoms with E-state index in [2.05, 4.69) is 9.88 Å². The van der Waals surface area contributed by atoms with Gasteiger partial charge in [-0.15, -0.1) is 11.3 Å². The number of carboxylic acid groups (broad SMARTS) is 1. The number of halogens is 3. The standard InChI is InChI=1S/C26H27F3N2O3S/c1-16-22(35-23(30-16)18-4-7-20(8-5-18)26(27,28)29)15-31-12-10-17-6-9-21(14-19(17)11-13-31)34-25(2,3)24(32)33/h4-9,14H,10-13,15H2,1-3H3,(H,32,33). The number of ether oxygens (including phenoxy) is 1. The van der Waals surface area contributed by atoms with Gasteiger partial charge < -0.3 is 9.84 Å². The number of thiazole rings is 1.